The Kier molecular flexibility index (Phi) is 5.53. The number of halogens is 1. The Morgan fingerprint density at radius 2 is 1.89 bits per heavy atom. The second-order valence-electron chi connectivity index (χ2n) is 7.15. The van der Waals surface area contributed by atoms with E-state index in [9.17, 15) is 9.90 Å². The predicted molar refractivity (Wildman–Crippen MR) is 113 cm³/mol. The molecule has 2 aliphatic rings. The van der Waals surface area contributed by atoms with Crippen molar-refractivity contribution >= 4 is 27.8 Å². The molecule has 0 spiro atoms. The second kappa shape index (κ2) is 8.07. The Labute approximate surface area is 173 Å². The molecule has 0 unspecified atom stereocenters. The number of piperazine rings is 1. The fraction of sp³-hybridized carbons (Fsp3) is 0.318. The standard InChI is InChI=1S/C22H23BrN2O3/c1-2-24-8-10-25(11-9-24)14-18-19(26)7-6-17-21(27)20(28-22(17)18)13-15-4-3-5-16(23)12-15/h3-7,12-13,26H,2,8-11,14H2,1H3/b20-13-. The number of hydrogen-bond donors (Lipinski definition) is 1. The van der Waals surface area contributed by atoms with Gasteiger partial charge in [-0.15, -0.1) is 0 Å². The van der Waals surface area contributed by atoms with Crippen LogP contribution in [0.5, 0.6) is 11.5 Å². The maximum atomic E-state index is 12.8. The van der Waals surface area contributed by atoms with E-state index in [1.54, 1.807) is 18.2 Å². The number of Topliss-reactive ketones (excluding diaryl/α,β-unsaturated/α-hetero) is 1. The van der Waals surface area contributed by atoms with E-state index in [1.165, 1.54) is 0 Å². The van der Waals surface area contributed by atoms with Crippen molar-refractivity contribution in [3.05, 3.63) is 63.3 Å². The summed E-state index contributed by atoms with van der Waals surface area (Å²) in [5.74, 6) is 0.806. The smallest absolute Gasteiger partial charge is 0.231 e. The molecule has 0 aromatic heterocycles. The molecule has 2 heterocycles. The molecule has 1 N–H and O–H groups in total. The van der Waals surface area contributed by atoms with Crippen LogP contribution in [0.25, 0.3) is 6.08 Å². The highest BCUT2D eigenvalue weighted by molar-refractivity contribution is 9.10. The summed E-state index contributed by atoms with van der Waals surface area (Å²) in [6, 6.07) is 10.9. The van der Waals surface area contributed by atoms with Gasteiger partial charge in [0.2, 0.25) is 5.78 Å². The molecule has 4 rings (SSSR count). The summed E-state index contributed by atoms with van der Waals surface area (Å²) in [5, 5.41) is 10.4. The quantitative estimate of drug-likeness (QED) is 0.727. The average Bonchev–Trinajstić information content (AvgIpc) is 3.00. The van der Waals surface area contributed by atoms with E-state index in [-0.39, 0.29) is 17.3 Å². The van der Waals surface area contributed by atoms with E-state index in [1.807, 2.05) is 24.3 Å². The number of ketones is 1. The molecule has 0 bridgehead atoms. The summed E-state index contributed by atoms with van der Waals surface area (Å²) >= 11 is 3.44. The first-order chi connectivity index (χ1) is 13.5. The molecule has 2 aromatic carbocycles. The van der Waals surface area contributed by atoms with Crippen molar-refractivity contribution in [3.63, 3.8) is 0 Å². The zero-order valence-electron chi connectivity index (χ0n) is 15.8. The lowest BCUT2D eigenvalue weighted by atomic mass is 10.0. The Hall–Kier alpha value is -2.15. The fourth-order valence-corrected chi connectivity index (χ4v) is 4.10. The Balaban J connectivity index is 1.59. The lowest BCUT2D eigenvalue weighted by Crippen LogP contribution is -2.45. The maximum absolute atomic E-state index is 12.8. The van der Waals surface area contributed by atoms with Gasteiger partial charge in [-0.2, -0.15) is 0 Å². The monoisotopic (exact) mass is 442 g/mol. The SMILES string of the molecule is CCN1CCN(Cc2c(O)ccc3c2O/C(=C\c2cccc(Br)c2)C3=O)CC1. The number of rotatable bonds is 4. The van der Waals surface area contributed by atoms with Crippen molar-refractivity contribution in [3.8, 4) is 11.5 Å². The van der Waals surface area contributed by atoms with Gasteiger partial charge in [0.15, 0.2) is 5.76 Å². The van der Waals surface area contributed by atoms with Crippen LogP contribution in [0.3, 0.4) is 0 Å². The van der Waals surface area contributed by atoms with E-state index in [0.717, 1.165) is 42.8 Å². The van der Waals surface area contributed by atoms with Gasteiger partial charge in [-0.3, -0.25) is 9.69 Å². The van der Waals surface area contributed by atoms with Crippen LogP contribution in [0.2, 0.25) is 0 Å². The number of nitrogens with zero attached hydrogens (tertiary/aromatic N) is 2. The molecule has 2 aromatic rings. The number of ether oxygens (including phenoxy) is 1. The van der Waals surface area contributed by atoms with Gasteiger partial charge < -0.3 is 14.7 Å². The molecule has 1 fully saturated rings. The minimum absolute atomic E-state index is 0.146. The number of hydrogen-bond acceptors (Lipinski definition) is 5. The Bertz CT molecular complexity index is 933. The van der Waals surface area contributed by atoms with E-state index in [4.69, 9.17) is 4.74 Å². The number of phenols is 1. The molecule has 28 heavy (non-hydrogen) atoms. The summed E-state index contributed by atoms with van der Waals surface area (Å²) in [7, 11) is 0. The van der Waals surface area contributed by atoms with Crippen LogP contribution in [0, 0.1) is 0 Å². The van der Waals surface area contributed by atoms with Gasteiger partial charge >= 0.3 is 0 Å². The Morgan fingerprint density at radius 1 is 1.14 bits per heavy atom. The number of likely N-dealkylation sites (N-methyl/N-ethyl adjacent to an activating group) is 1. The van der Waals surface area contributed by atoms with Gasteiger partial charge in [0.05, 0.1) is 11.1 Å². The zero-order valence-corrected chi connectivity index (χ0v) is 17.4. The molecule has 1 saturated heterocycles. The maximum Gasteiger partial charge on any atom is 0.231 e. The zero-order chi connectivity index (χ0) is 19.7. The van der Waals surface area contributed by atoms with Crippen molar-refractivity contribution in [1.29, 1.82) is 0 Å². The largest absolute Gasteiger partial charge is 0.507 e. The third-order valence-electron chi connectivity index (χ3n) is 5.36. The topological polar surface area (TPSA) is 53.0 Å². The van der Waals surface area contributed by atoms with Crippen molar-refractivity contribution in [1.82, 2.24) is 9.80 Å². The number of carbonyl (C=O) groups is 1. The lowest BCUT2D eigenvalue weighted by Gasteiger charge is -2.34. The van der Waals surface area contributed by atoms with Gasteiger partial charge in [0.1, 0.15) is 11.5 Å². The fourth-order valence-electron chi connectivity index (χ4n) is 3.68. The molecular weight excluding hydrogens is 420 g/mol. The van der Waals surface area contributed by atoms with Gasteiger partial charge in [0.25, 0.3) is 0 Å². The van der Waals surface area contributed by atoms with Crippen LogP contribution in [0.15, 0.2) is 46.6 Å². The predicted octanol–water partition coefficient (Wildman–Crippen LogP) is 3.91. The van der Waals surface area contributed by atoms with E-state index >= 15 is 0 Å². The highest BCUT2D eigenvalue weighted by atomic mass is 79.9. The normalized spacial score (nSPS) is 19.1. The van der Waals surface area contributed by atoms with Crippen LogP contribution in [0.1, 0.15) is 28.4 Å². The first-order valence-electron chi connectivity index (χ1n) is 9.54. The van der Waals surface area contributed by atoms with Gasteiger partial charge in [-0.1, -0.05) is 35.0 Å². The van der Waals surface area contributed by atoms with Gasteiger partial charge in [-0.05, 0) is 42.4 Å². The van der Waals surface area contributed by atoms with E-state index in [0.29, 0.717) is 23.4 Å². The molecule has 0 aliphatic carbocycles. The lowest BCUT2D eigenvalue weighted by molar-refractivity contribution is 0.101. The van der Waals surface area contributed by atoms with Gasteiger partial charge in [-0.25, -0.2) is 0 Å². The molecule has 6 heteroatoms. The first-order valence-corrected chi connectivity index (χ1v) is 10.3. The molecule has 0 saturated carbocycles. The number of phenolic OH excluding ortho intramolecular Hbond substituents is 1. The summed E-state index contributed by atoms with van der Waals surface area (Å²) in [5.41, 5.74) is 2.08. The number of fused-ring (bicyclic) bond motifs is 1. The molecule has 146 valence electrons. The van der Waals surface area contributed by atoms with Crippen LogP contribution >= 0.6 is 15.9 Å². The highest BCUT2D eigenvalue weighted by Crippen LogP contribution is 2.40. The summed E-state index contributed by atoms with van der Waals surface area (Å²) in [6.45, 7) is 7.70. The molecule has 0 amide bonds. The third kappa shape index (κ3) is 3.85. The second-order valence-corrected chi connectivity index (χ2v) is 8.06. The van der Waals surface area contributed by atoms with Crippen LogP contribution in [0.4, 0.5) is 0 Å². The highest BCUT2D eigenvalue weighted by Gasteiger charge is 2.32. The van der Waals surface area contributed by atoms with Crippen molar-refractivity contribution in [2.75, 3.05) is 32.7 Å². The molecule has 0 atom stereocenters. The minimum atomic E-state index is -0.146. The van der Waals surface area contributed by atoms with Crippen LogP contribution in [-0.2, 0) is 6.54 Å². The minimum Gasteiger partial charge on any atom is -0.507 e. The number of aromatic hydroxyl groups is 1. The summed E-state index contributed by atoms with van der Waals surface area (Å²) in [4.78, 5) is 17.5. The molecule has 0 radical (unpaired) electrons. The third-order valence-corrected chi connectivity index (χ3v) is 5.85. The van der Waals surface area contributed by atoms with Crippen molar-refractivity contribution < 1.29 is 14.6 Å². The summed E-state index contributed by atoms with van der Waals surface area (Å²) in [6.07, 6.45) is 1.74. The van der Waals surface area contributed by atoms with Crippen molar-refractivity contribution in [2.45, 2.75) is 13.5 Å². The van der Waals surface area contributed by atoms with Crippen LogP contribution in [-0.4, -0.2) is 53.4 Å². The Morgan fingerprint density at radius 3 is 2.61 bits per heavy atom. The van der Waals surface area contributed by atoms with E-state index in [2.05, 4.69) is 32.7 Å². The van der Waals surface area contributed by atoms with Crippen molar-refractivity contribution in [2.24, 2.45) is 0 Å². The average molecular weight is 443 g/mol. The number of allylic oxidation sites excluding steroid dienone is 1. The molecular formula is C22H23BrN2O3. The molecule has 5 nitrogen and oxygen atoms in total. The molecule has 2 aliphatic heterocycles. The van der Waals surface area contributed by atoms with Crippen LogP contribution < -0.4 is 4.74 Å². The number of benzene rings is 2. The number of carbonyl (C=O) groups excluding carboxylic acids is 1. The first kappa shape index (κ1) is 19.2. The van der Waals surface area contributed by atoms with E-state index < -0.39 is 0 Å². The van der Waals surface area contributed by atoms with Gasteiger partial charge in [0, 0.05) is 37.2 Å². The summed E-state index contributed by atoms with van der Waals surface area (Å²) < 4.78 is 6.90.